The third-order valence-electron chi connectivity index (χ3n) is 4.10. The Hall–Kier alpha value is -0.930. The topological polar surface area (TPSA) is 48.1 Å². The molecule has 1 saturated carbocycles. The maximum atomic E-state index is 6.23. The Morgan fingerprint density at radius 2 is 2.22 bits per heavy atom. The predicted molar refractivity (Wildman–Crippen MR) is 73.5 cm³/mol. The molecule has 0 amide bonds. The van der Waals surface area contributed by atoms with E-state index in [1.807, 2.05) is 6.20 Å². The Labute approximate surface area is 110 Å². The van der Waals surface area contributed by atoms with Crippen molar-refractivity contribution in [3.05, 3.63) is 29.6 Å². The standard InChI is InChI=1S/C15H24N2O/c1-3-12-5-6-14(17-11-12)9-13(16)10-15(18-2)7-4-8-15/h5-6,11,13H,3-4,7-10,16H2,1-2H3. The highest BCUT2D eigenvalue weighted by molar-refractivity contribution is 5.14. The molecule has 1 aromatic rings. The van der Waals surface area contributed by atoms with Gasteiger partial charge in [0.25, 0.3) is 0 Å². The fourth-order valence-corrected chi connectivity index (χ4v) is 2.67. The molecule has 1 fully saturated rings. The van der Waals surface area contributed by atoms with Crippen molar-refractivity contribution in [3.8, 4) is 0 Å². The molecule has 0 saturated heterocycles. The molecule has 3 heteroatoms. The van der Waals surface area contributed by atoms with E-state index in [2.05, 4.69) is 24.0 Å². The third-order valence-corrected chi connectivity index (χ3v) is 4.10. The molecule has 100 valence electrons. The van der Waals surface area contributed by atoms with Gasteiger partial charge in [0.2, 0.25) is 0 Å². The molecule has 18 heavy (non-hydrogen) atoms. The lowest BCUT2D eigenvalue weighted by Crippen LogP contribution is -2.45. The number of ether oxygens (including phenoxy) is 1. The molecular formula is C15H24N2O. The van der Waals surface area contributed by atoms with Gasteiger partial charge in [-0.05, 0) is 43.7 Å². The molecule has 1 aromatic heterocycles. The zero-order valence-electron chi connectivity index (χ0n) is 11.5. The average Bonchev–Trinajstić information content (AvgIpc) is 2.35. The van der Waals surface area contributed by atoms with Crippen LogP contribution in [0.25, 0.3) is 0 Å². The molecule has 1 aliphatic carbocycles. The fraction of sp³-hybridized carbons (Fsp3) is 0.667. The summed E-state index contributed by atoms with van der Waals surface area (Å²) in [5.41, 5.74) is 8.65. The Morgan fingerprint density at radius 1 is 1.44 bits per heavy atom. The maximum Gasteiger partial charge on any atom is 0.0693 e. The Morgan fingerprint density at radius 3 is 2.67 bits per heavy atom. The fourth-order valence-electron chi connectivity index (χ4n) is 2.67. The summed E-state index contributed by atoms with van der Waals surface area (Å²) in [7, 11) is 1.81. The number of hydrogen-bond acceptors (Lipinski definition) is 3. The van der Waals surface area contributed by atoms with Crippen LogP contribution >= 0.6 is 0 Å². The van der Waals surface area contributed by atoms with Gasteiger partial charge in [-0.25, -0.2) is 0 Å². The molecule has 0 radical (unpaired) electrons. The van der Waals surface area contributed by atoms with E-state index in [1.54, 1.807) is 7.11 Å². The van der Waals surface area contributed by atoms with Crippen LogP contribution in [0.1, 0.15) is 43.9 Å². The number of rotatable bonds is 6. The van der Waals surface area contributed by atoms with Crippen LogP contribution < -0.4 is 5.73 Å². The van der Waals surface area contributed by atoms with Crippen LogP contribution in [-0.4, -0.2) is 23.7 Å². The van der Waals surface area contributed by atoms with Gasteiger partial charge < -0.3 is 10.5 Å². The highest BCUT2D eigenvalue weighted by atomic mass is 16.5. The lowest BCUT2D eigenvalue weighted by molar-refractivity contribution is -0.0813. The van der Waals surface area contributed by atoms with Crippen molar-refractivity contribution in [1.29, 1.82) is 0 Å². The highest BCUT2D eigenvalue weighted by Gasteiger charge is 2.38. The quantitative estimate of drug-likeness (QED) is 0.841. The van der Waals surface area contributed by atoms with Gasteiger partial charge in [0, 0.05) is 31.5 Å². The minimum atomic E-state index is 0.0583. The van der Waals surface area contributed by atoms with Gasteiger partial charge in [0.05, 0.1) is 5.60 Å². The first kappa shape index (κ1) is 13.5. The van der Waals surface area contributed by atoms with Crippen molar-refractivity contribution in [1.82, 2.24) is 4.98 Å². The van der Waals surface area contributed by atoms with Gasteiger partial charge in [-0.1, -0.05) is 13.0 Å². The molecule has 1 unspecified atom stereocenters. The van der Waals surface area contributed by atoms with Crippen molar-refractivity contribution in [2.24, 2.45) is 5.73 Å². The van der Waals surface area contributed by atoms with E-state index in [0.717, 1.165) is 37.8 Å². The second-order valence-corrected chi connectivity index (χ2v) is 5.42. The second kappa shape index (κ2) is 5.81. The van der Waals surface area contributed by atoms with Gasteiger partial charge in [-0.2, -0.15) is 0 Å². The summed E-state index contributed by atoms with van der Waals surface area (Å²) in [6.45, 7) is 2.14. The molecule has 0 spiro atoms. The normalized spacial score (nSPS) is 19.3. The van der Waals surface area contributed by atoms with Crippen molar-refractivity contribution in [2.75, 3.05) is 7.11 Å². The second-order valence-electron chi connectivity index (χ2n) is 5.42. The molecule has 1 heterocycles. The van der Waals surface area contributed by atoms with Crippen molar-refractivity contribution < 1.29 is 4.74 Å². The number of nitrogens with zero attached hydrogens (tertiary/aromatic N) is 1. The van der Waals surface area contributed by atoms with Crippen LogP contribution in [0.3, 0.4) is 0 Å². The molecular weight excluding hydrogens is 224 g/mol. The van der Waals surface area contributed by atoms with Crippen molar-refractivity contribution in [3.63, 3.8) is 0 Å². The SMILES string of the molecule is CCc1ccc(CC(N)CC2(OC)CCC2)nc1. The largest absolute Gasteiger partial charge is 0.378 e. The van der Waals surface area contributed by atoms with Gasteiger partial charge in [-0.15, -0.1) is 0 Å². The Balaban J connectivity index is 1.88. The van der Waals surface area contributed by atoms with Crippen LogP contribution in [0.5, 0.6) is 0 Å². The summed E-state index contributed by atoms with van der Waals surface area (Å²) in [6.07, 6.45) is 8.35. The minimum Gasteiger partial charge on any atom is -0.378 e. The van der Waals surface area contributed by atoms with E-state index in [-0.39, 0.29) is 11.6 Å². The number of methoxy groups -OCH3 is 1. The molecule has 3 nitrogen and oxygen atoms in total. The van der Waals surface area contributed by atoms with E-state index in [9.17, 15) is 0 Å². The van der Waals surface area contributed by atoms with E-state index < -0.39 is 0 Å². The molecule has 1 atom stereocenters. The molecule has 0 aliphatic heterocycles. The Bertz CT molecular complexity index is 365. The van der Waals surface area contributed by atoms with Gasteiger partial charge in [-0.3, -0.25) is 4.98 Å². The number of aryl methyl sites for hydroxylation is 1. The van der Waals surface area contributed by atoms with Crippen molar-refractivity contribution in [2.45, 2.75) is 57.1 Å². The zero-order valence-corrected chi connectivity index (χ0v) is 11.5. The zero-order chi connectivity index (χ0) is 13.0. The molecule has 2 N–H and O–H groups in total. The lowest BCUT2D eigenvalue weighted by Gasteiger charge is -2.42. The average molecular weight is 248 g/mol. The van der Waals surface area contributed by atoms with Gasteiger partial charge >= 0.3 is 0 Å². The minimum absolute atomic E-state index is 0.0583. The summed E-state index contributed by atoms with van der Waals surface area (Å²) in [5, 5.41) is 0. The molecule has 1 aliphatic rings. The first-order valence-electron chi connectivity index (χ1n) is 6.92. The highest BCUT2D eigenvalue weighted by Crippen LogP contribution is 2.38. The smallest absolute Gasteiger partial charge is 0.0693 e. The number of aromatic nitrogens is 1. The van der Waals surface area contributed by atoms with Crippen LogP contribution in [-0.2, 0) is 17.6 Å². The predicted octanol–water partition coefficient (Wildman–Crippen LogP) is 2.47. The number of hydrogen-bond donors (Lipinski definition) is 1. The van der Waals surface area contributed by atoms with E-state index in [1.165, 1.54) is 12.0 Å². The lowest BCUT2D eigenvalue weighted by atomic mass is 9.75. The van der Waals surface area contributed by atoms with Crippen LogP contribution in [0.4, 0.5) is 0 Å². The van der Waals surface area contributed by atoms with Crippen LogP contribution in [0.2, 0.25) is 0 Å². The van der Waals surface area contributed by atoms with Gasteiger partial charge in [0.15, 0.2) is 0 Å². The van der Waals surface area contributed by atoms with Crippen LogP contribution in [0.15, 0.2) is 18.3 Å². The summed E-state index contributed by atoms with van der Waals surface area (Å²) in [4.78, 5) is 4.47. The van der Waals surface area contributed by atoms with E-state index in [0.29, 0.717) is 0 Å². The number of nitrogens with two attached hydrogens (primary N) is 1. The first-order chi connectivity index (χ1) is 8.67. The maximum absolute atomic E-state index is 6.23. The third kappa shape index (κ3) is 3.09. The molecule has 0 aromatic carbocycles. The summed E-state index contributed by atoms with van der Waals surface area (Å²) in [6, 6.07) is 4.38. The van der Waals surface area contributed by atoms with Gasteiger partial charge in [0.1, 0.15) is 0 Å². The van der Waals surface area contributed by atoms with Crippen LogP contribution in [0, 0.1) is 0 Å². The molecule has 0 bridgehead atoms. The molecule has 2 rings (SSSR count). The van der Waals surface area contributed by atoms with Crippen molar-refractivity contribution >= 4 is 0 Å². The number of pyridine rings is 1. The summed E-state index contributed by atoms with van der Waals surface area (Å²) in [5.74, 6) is 0. The summed E-state index contributed by atoms with van der Waals surface area (Å²) >= 11 is 0. The van der Waals surface area contributed by atoms with E-state index in [4.69, 9.17) is 10.5 Å². The summed E-state index contributed by atoms with van der Waals surface area (Å²) < 4.78 is 5.62. The Kier molecular flexibility index (Phi) is 4.36. The van der Waals surface area contributed by atoms with E-state index >= 15 is 0 Å². The monoisotopic (exact) mass is 248 g/mol. The first-order valence-corrected chi connectivity index (χ1v) is 6.92.